The highest BCUT2D eigenvalue weighted by atomic mass is 19.4. The Bertz CT molecular complexity index is 814. The van der Waals surface area contributed by atoms with E-state index in [1.807, 2.05) is 19.1 Å². The Morgan fingerprint density at radius 1 is 1.16 bits per heavy atom. The molecule has 1 fully saturated rings. The monoisotopic (exact) mass is 350 g/mol. The molecule has 3 rings (SSSR count). The minimum absolute atomic E-state index is 0.0323. The van der Waals surface area contributed by atoms with Crippen molar-refractivity contribution >= 4 is 16.7 Å². The van der Waals surface area contributed by atoms with Gasteiger partial charge in [-0.05, 0) is 42.2 Å². The molecule has 0 aromatic heterocycles. The third-order valence-corrected chi connectivity index (χ3v) is 4.78. The van der Waals surface area contributed by atoms with Crippen LogP contribution in [0.4, 0.5) is 13.2 Å². The van der Waals surface area contributed by atoms with Crippen LogP contribution in [0, 0.1) is 0 Å². The van der Waals surface area contributed by atoms with Crippen molar-refractivity contribution in [1.29, 1.82) is 0 Å². The Hall–Kier alpha value is -2.08. The van der Waals surface area contributed by atoms with E-state index < -0.39 is 23.7 Å². The number of benzene rings is 2. The van der Waals surface area contributed by atoms with E-state index >= 15 is 0 Å². The van der Waals surface area contributed by atoms with E-state index in [4.69, 9.17) is 0 Å². The first-order chi connectivity index (χ1) is 11.6. The van der Waals surface area contributed by atoms with Crippen LogP contribution in [-0.2, 0) is 11.2 Å². The van der Waals surface area contributed by atoms with E-state index in [1.54, 1.807) is 32.0 Å². The molecule has 0 radical (unpaired) electrons. The fourth-order valence-corrected chi connectivity index (χ4v) is 3.63. The summed E-state index contributed by atoms with van der Waals surface area (Å²) in [6.45, 7) is 5.27. The number of carbonyl (C=O) groups is 1. The lowest BCUT2D eigenvalue weighted by Gasteiger charge is -2.38. The third-order valence-electron chi connectivity index (χ3n) is 4.78. The molecule has 0 aliphatic carbocycles. The van der Waals surface area contributed by atoms with E-state index in [9.17, 15) is 18.0 Å². The second-order valence-corrected chi connectivity index (χ2v) is 7.05. The highest BCUT2D eigenvalue weighted by Crippen LogP contribution is 2.44. The second kappa shape index (κ2) is 6.02. The molecule has 1 aliphatic rings. The number of hydrogen-bond donors (Lipinski definition) is 1. The molecule has 1 N–H and O–H groups in total. The topological polar surface area (TPSA) is 32.3 Å². The van der Waals surface area contributed by atoms with Gasteiger partial charge in [0.15, 0.2) is 6.04 Å². The van der Waals surface area contributed by atoms with E-state index in [0.717, 1.165) is 22.4 Å². The summed E-state index contributed by atoms with van der Waals surface area (Å²) in [7, 11) is 0. The zero-order valence-corrected chi connectivity index (χ0v) is 14.4. The fourth-order valence-electron chi connectivity index (χ4n) is 3.63. The smallest absolute Gasteiger partial charge is 0.287 e. The molecule has 0 bridgehead atoms. The lowest BCUT2D eigenvalue weighted by atomic mass is 9.92. The third kappa shape index (κ3) is 3.11. The fraction of sp³-hybridized carbons (Fsp3) is 0.421. The zero-order valence-electron chi connectivity index (χ0n) is 14.4. The lowest BCUT2D eigenvalue weighted by Crippen LogP contribution is -2.51. The Balaban J connectivity index is 2.22. The molecule has 134 valence electrons. The summed E-state index contributed by atoms with van der Waals surface area (Å²) in [5, 5.41) is 2.45. The maximum Gasteiger partial charge on any atom is 0.409 e. The van der Waals surface area contributed by atoms with Gasteiger partial charge in [-0.2, -0.15) is 18.2 Å². The zero-order chi connectivity index (χ0) is 18.4. The van der Waals surface area contributed by atoms with Crippen molar-refractivity contribution in [3.63, 3.8) is 0 Å². The molecule has 0 saturated carbocycles. The number of halogens is 3. The summed E-state index contributed by atoms with van der Waals surface area (Å²) in [5.41, 5.74) is 2.66. The molecule has 2 aromatic rings. The quantitative estimate of drug-likeness (QED) is 0.883. The van der Waals surface area contributed by atoms with Gasteiger partial charge < -0.3 is 0 Å². The largest absolute Gasteiger partial charge is 0.409 e. The summed E-state index contributed by atoms with van der Waals surface area (Å²) in [6, 6.07) is 8.53. The van der Waals surface area contributed by atoms with Crippen LogP contribution in [0.5, 0.6) is 0 Å². The maximum atomic E-state index is 14.0. The lowest BCUT2D eigenvalue weighted by molar-refractivity contribution is -0.203. The van der Waals surface area contributed by atoms with Crippen LogP contribution in [0.3, 0.4) is 0 Å². The van der Waals surface area contributed by atoms with Gasteiger partial charge in [0, 0.05) is 12.0 Å². The van der Waals surface area contributed by atoms with Gasteiger partial charge in [-0.1, -0.05) is 43.3 Å². The average Bonchev–Trinajstić information content (AvgIpc) is 2.78. The van der Waals surface area contributed by atoms with Crippen LogP contribution in [0.2, 0.25) is 0 Å². The van der Waals surface area contributed by atoms with Crippen molar-refractivity contribution in [2.24, 2.45) is 0 Å². The Morgan fingerprint density at radius 3 is 2.36 bits per heavy atom. The van der Waals surface area contributed by atoms with E-state index in [0.29, 0.717) is 5.39 Å². The Morgan fingerprint density at radius 2 is 1.80 bits per heavy atom. The first kappa shape index (κ1) is 17.7. The number of nitrogens with zero attached hydrogens (tertiary/aromatic N) is 1. The summed E-state index contributed by atoms with van der Waals surface area (Å²) in [4.78, 5) is 11.8. The number of fused-ring (bicyclic) bond motifs is 1. The van der Waals surface area contributed by atoms with Gasteiger partial charge in [0.2, 0.25) is 5.91 Å². The first-order valence-corrected chi connectivity index (χ1v) is 8.31. The highest BCUT2D eigenvalue weighted by molar-refractivity contribution is 5.89. The molecule has 3 nitrogen and oxygen atoms in total. The number of nitrogens with one attached hydrogen (secondary N) is 1. The average molecular weight is 350 g/mol. The minimum Gasteiger partial charge on any atom is -0.287 e. The van der Waals surface area contributed by atoms with Crippen LogP contribution < -0.4 is 5.43 Å². The predicted octanol–water partition coefficient (Wildman–Crippen LogP) is 4.52. The number of carbonyl (C=O) groups excluding carboxylic acids is 1. The number of amides is 1. The van der Waals surface area contributed by atoms with Gasteiger partial charge in [-0.3, -0.25) is 10.2 Å². The number of hydrazine groups is 1. The SMILES string of the molecule is CCc1cccc2c(C(N3NC(=O)CC3(C)C)C(F)(F)F)cccc12. The molecule has 1 heterocycles. The van der Waals surface area contributed by atoms with Crippen molar-refractivity contribution in [2.75, 3.05) is 0 Å². The molecule has 1 amide bonds. The molecule has 1 aliphatic heterocycles. The van der Waals surface area contributed by atoms with Crippen molar-refractivity contribution < 1.29 is 18.0 Å². The van der Waals surface area contributed by atoms with Gasteiger partial charge in [-0.15, -0.1) is 0 Å². The van der Waals surface area contributed by atoms with E-state index in [2.05, 4.69) is 5.43 Å². The molecule has 1 unspecified atom stereocenters. The van der Waals surface area contributed by atoms with Crippen molar-refractivity contribution in [3.8, 4) is 0 Å². The second-order valence-electron chi connectivity index (χ2n) is 7.05. The predicted molar refractivity (Wildman–Crippen MR) is 90.8 cm³/mol. The number of alkyl halides is 3. The molecule has 1 atom stereocenters. The van der Waals surface area contributed by atoms with Crippen LogP contribution in [-0.4, -0.2) is 22.6 Å². The van der Waals surface area contributed by atoms with E-state index in [1.165, 1.54) is 6.07 Å². The number of rotatable bonds is 3. The number of hydrogen-bond acceptors (Lipinski definition) is 2. The first-order valence-electron chi connectivity index (χ1n) is 8.31. The molecule has 1 saturated heterocycles. The maximum absolute atomic E-state index is 14.0. The van der Waals surface area contributed by atoms with Gasteiger partial charge in [0.1, 0.15) is 0 Å². The van der Waals surface area contributed by atoms with Crippen molar-refractivity contribution in [1.82, 2.24) is 10.4 Å². The Kier molecular flexibility index (Phi) is 4.27. The summed E-state index contributed by atoms with van der Waals surface area (Å²) in [6.07, 6.45) is -3.75. The molecule has 0 spiro atoms. The molecule has 2 aromatic carbocycles. The molecular formula is C19H21F3N2O. The summed E-state index contributed by atoms with van der Waals surface area (Å²) < 4.78 is 42.1. The van der Waals surface area contributed by atoms with Crippen LogP contribution >= 0.6 is 0 Å². The van der Waals surface area contributed by atoms with Gasteiger partial charge in [0.25, 0.3) is 0 Å². The molecule has 6 heteroatoms. The van der Waals surface area contributed by atoms with Gasteiger partial charge in [0.05, 0.1) is 0 Å². The van der Waals surface area contributed by atoms with Gasteiger partial charge >= 0.3 is 6.18 Å². The highest BCUT2D eigenvalue weighted by Gasteiger charge is 2.53. The van der Waals surface area contributed by atoms with Crippen molar-refractivity contribution in [3.05, 3.63) is 47.5 Å². The number of aryl methyl sites for hydroxylation is 1. The molecule has 25 heavy (non-hydrogen) atoms. The molecular weight excluding hydrogens is 329 g/mol. The van der Waals surface area contributed by atoms with E-state index in [-0.39, 0.29) is 12.0 Å². The normalized spacial score (nSPS) is 19.2. The summed E-state index contributed by atoms with van der Waals surface area (Å²) >= 11 is 0. The van der Waals surface area contributed by atoms with Crippen LogP contribution in [0.25, 0.3) is 10.8 Å². The van der Waals surface area contributed by atoms with Crippen LogP contribution in [0.15, 0.2) is 36.4 Å². The summed E-state index contributed by atoms with van der Waals surface area (Å²) in [5.74, 6) is -0.395. The van der Waals surface area contributed by atoms with Crippen LogP contribution in [0.1, 0.15) is 44.4 Å². The minimum atomic E-state index is -4.52. The van der Waals surface area contributed by atoms with Gasteiger partial charge in [-0.25, -0.2) is 0 Å². The standard InChI is InChI=1S/C19H21F3N2O/c1-4-12-7-5-9-14-13(12)8-6-10-15(14)17(19(20,21)22)24-18(2,3)11-16(25)23-24/h5-10,17H,4,11H2,1-3H3,(H,23,25). The Labute approximate surface area is 144 Å². The van der Waals surface area contributed by atoms with Crippen molar-refractivity contribution in [2.45, 2.75) is 51.4 Å².